The largest absolute Gasteiger partial charge is 0.381 e. The van der Waals surface area contributed by atoms with Crippen molar-refractivity contribution >= 4 is 34.0 Å². The van der Waals surface area contributed by atoms with Gasteiger partial charge in [-0.3, -0.25) is 4.21 Å². The minimum Gasteiger partial charge on any atom is -0.381 e. The van der Waals surface area contributed by atoms with Gasteiger partial charge in [0.2, 0.25) is 11.2 Å². The number of anilines is 2. The van der Waals surface area contributed by atoms with Crippen molar-refractivity contribution in [2.45, 2.75) is 23.8 Å². The lowest BCUT2D eigenvalue weighted by molar-refractivity contribution is 0.0992. The summed E-state index contributed by atoms with van der Waals surface area (Å²) in [5, 5.41) is 3.44. The maximum atomic E-state index is 12.5. The molecule has 1 atom stereocenters. The number of hydrogen-bond acceptors (Lipinski definition) is 6. The predicted molar refractivity (Wildman–Crippen MR) is 90.2 cm³/mol. The molecule has 1 aromatic heterocycles. The van der Waals surface area contributed by atoms with Crippen LogP contribution >= 0.6 is 11.6 Å². The Balaban J connectivity index is 1.66. The molecule has 0 bridgehead atoms. The smallest absolute Gasteiger partial charge is 0.231 e. The zero-order valence-electron chi connectivity index (χ0n) is 12.4. The molecule has 3 rings (SSSR count). The second kappa shape index (κ2) is 7.81. The third-order valence-corrected chi connectivity index (χ3v) is 5.59. The quantitative estimate of drug-likeness (QED) is 0.891. The van der Waals surface area contributed by atoms with Gasteiger partial charge in [0, 0.05) is 40.7 Å². The first kappa shape index (κ1) is 16.3. The molecule has 0 saturated carbocycles. The van der Waals surface area contributed by atoms with E-state index in [4.69, 9.17) is 16.3 Å². The molecule has 8 heteroatoms. The number of ether oxygens (including phenoxy) is 1. The minimum absolute atomic E-state index is 0.138. The van der Waals surface area contributed by atoms with Gasteiger partial charge in [-0.05, 0) is 42.1 Å². The van der Waals surface area contributed by atoms with Crippen molar-refractivity contribution < 1.29 is 8.95 Å². The molecule has 23 heavy (non-hydrogen) atoms. The molecule has 2 aromatic rings. The Kier molecular flexibility index (Phi) is 5.53. The molecule has 1 aliphatic heterocycles. The van der Waals surface area contributed by atoms with Crippen molar-refractivity contribution in [3.05, 3.63) is 41.4 Å². The van der Waals surface area contributed by atoms with E-state index in [2.05, 4.69) is 20.3 Å². The minimum atomic E-state index is -0.886. The van der Waals surface area contributed by atoms with Crippen LogP contribution in [0.1, 0.15) is 18.4 Å². The van der Waals surface area contributed by atoms with Gasteiger partial charge in [0.25, 0.3) is 0 Å². The molecule has 122 valence electrons. The van der Waals surface area contributed by atoms with Crippen LogP contribution in [0.5, 0.6) is 0 Å². The normalized spacial score (nSPS) is 16.9. The average Bonchev–Trinajstić information content (AvgIpc) is 2.56. The second-order valence-corrected chi connectivity index (χ2v) is 7.30. The Labute approximate surface area is 142 Å². The summed E-state index contributed by atoms with van der Waals surface area (Å²) in [7, 11) is -0.886. The third kappa shape index (κ3) is 4.70. The van der Waals surface area contributed by atoms with E-state index < -0.39 is 10.8 Å². The SMILES string of the molecule is O=[S@](Cc1cccc(Nc2ncnc(Cl)n2)c1)C1CCOCC1. The van der Waals surface area contributed by atoms with E-state index in [1.54, 1.807) is 0 Å². The molecular weight excluding hydrogens is 336 g/mol. The standard InChI is InChI=1S/C15H17ClN4O2S/c16-14-17-10-18-15(20-14)19-12-3-1-2-11(8-12)9-23(21)13-4-6-22-7-5-13/h1-3,8,10,13H,4-7,9H2,(H,17,18,19,20)/t23-/m1/s1. The highest BCUT2D eigenvalue weighted by Crippen LogP contribution is 2.20. The molecule has 0 unspecified atom stereocenters. The zero-order chi connectivity index (χ0) is 16.1. The number of rotatable bonds is 5. The number of nitrogens with zero attached hydrogens (tertiary/aromatic N) is 3. The number of benzene rings is 1. The van der Waals surface area contributed by atoms with Crippen LogP contribution in [-0.4, -0.2) is 37.6 Å². The number of aromatic nitrogens is 3. The average molecular weight is 353 g/mol. The van der Waals surface area contributed by atoms with Gasteiger partial charge in [-0.1, -0.05) is 12.1 Å². The maximum absolute atomic E-state index is 12.5. The number of halogens is 1. The third-order valence-electron chi connectivity index (χ3n) is 3.57. The van der Waals surface area contributed by atoms with Crippen LogP contribution in [0.2, 0.25) is 5.28 Å². The Hall–Kier alpha value is -1.57. The monoisotopic (exact) mass is 352 g/mol. The van der Waals surface area contributed by atoms with Gasteiger partial charge in [-0.25, -0.2) is 9.97 Å². The second-order valence-electron chi connectivity index (χ2n) is 5.24. The van der Waals surface area contributed by atoms with Crippen LogP contribution in [0.25, 0.3) is 0 Å². The van der Waals surface area contributed by atoms with Gasteiger partial charge in [0.15, 0.2) is 0 Å². The lowest BCUT2D eigenvalue weighted by atomic mass is 10.2. The van der Waals surface area contributed by atoms with Gasteiger partial charge in [0.05, 0.1) is 0 Å². The molecular formula is C15H17ClN4O2S. The summed E-state index contributed by atoms with van der Waals surface area (Å²) in [6.45, 7) is 1.41. The first-order chi connectivity index (χ1) is 11.2. The van der Waals surface area contributed by atoms with Crippen molar-refractivity contribution in [2.24, 2.45) is 0 Å². The van der Waals surface area contributed by atoms with Crippen molar-refractivity contribution in [1.82, 2.24) is 15.0 Å². The molecule has 1 saturated heterocycles. The molecule has 1 aliphatic rings. The van der Waals surface area contributed by atoms with Gasteiger partial charge < -0.3 is 10.1 Å². The molecule has 0 aliphatic carbocycles. The van der Waals surface area contributed by atoms with E-state index >= 15 is 0 Å². The van der Waals surface area contributed by atoms with E-state index in [0.29, 0.717) is 24.9 Å². The summed E-state index contributed by atoms with van der Waals surface area (Å²) >= 11 is 5.74. The Bertz CT molecular complexity index is 695. The molecule has 0 amide bonds. The van der Waals surface area contributed by atoms with E-state index in [0.717, 1.165) is 24.1 Å². The van der Waals surface area contributed by atoms with Crippen LogP contribution in [0.15, 0.2) is 30.6 Å². The van der Waals surface area contributed by atoms with Crippen molar-refractivity contribution in [3.8, 4) is 0 Å². The van der Waals surface area contributed by atoms with Gasteiger partial charge in [0.1, 0.15) is 6.33 Å². The molecule has 0 radical (unpaired) electrons. The molecule has 1 fully saturated rings. The van der Waals surface area contributed by atoms with Crippen molar-refractivity contribution in [2.75, 3.05) is 18.5 Å². The highest BCUT2D eigenvalue weighted by molar-refractivity contribution is 7.84. The molecule has 0 spiro atoms. The fourth-order valence-electron chi connectivity index (χ4n) is 2.43. The van der Waals surface area contributed by atoms with Crippen LogP contribution in [0, 0.1) is 0 Å². The van der Waals surface area contributed by atoms with Crippen LogP contribution in [0.4, 0.5) is 11.6 Å². The number of nitrogens with one attached hydrogen (secondary N) is 1. The maximum Gasteiger partial charge on any atom is 0.231 e. The van der Waals surface area contributed by atoms with Crippen molar-refractivity contribution in [3.63, 3.8) is 0 Å². The van der Waals surface area contributed by atoms with Crippen LogP contribution < -0.4 is 5.32 Å². The fourth-order valence-corrected chi connectivity index (χ4v) is 4.01. The Morgan fingerprint density at radius 3 is 2.91 bits per heavy atom. The number of hydrogen-bond donors (Lipinski definition) is 1. The lowest BCUT2D eigenvalue weighted by Crippen LogP contribution is -2.25. The summed E-state index contributed by atoms with van der Waals surface area (Å²) in [6.07, 6.45) is 3.09. The Morgan fingerprint density at radius 2 is 2.13 bits per heavy atom. The van der Waals surface area contributed by atoms with E-state index in [-0.39, 0.29) is 10.5 Å². The summed E-state index contributed by atoms with van der Waals surface area (Å²) in [5.41, 5.74) is 1.84. The summed E-state index contributed by atoms with van der Waals surface area (Å²) < 4.78 is 17.8. The summed E-state index contributed by atoms with van der Waals surface area (Å²) in [4.78, 5) is 11.7. The highest BCUT2D eigenvalue weighted by atomic mass is 35.5. The van der Waals surface area contributed by atoms with E-state index in [1.165, 1.54) is 6.33 Å². The topological polar surface area (TPSA) is 77.0 Å². The van der Waals surface area contributed by atoms with E-state index in [1.807, 2.05) is 24.3 Å². The molecule has 1 N–H and O–H groups in total. The van der Waals surface area contributed by atoms with Gasteiger partial charge in [-0.15, -0.1) is 0 Å². The van der Waals surface area contributed by atoms with Crippen molar-refractivity contribution in [1.29, 1.82) is 0 Å². The zero-order valence-corrected chi connectivity index (χ0v) is 14.0. The Morgan fingerprint density at radius 1 is 1.30 bits per heavy atom. The van der Waals surface area contributed by atoms with Crippen LogP contribution in [-0.2, 0) is 21.3 Å². The molecule has 6 nitrogen and oxygen atoms in total. The van der Waals surface area contributed by atoms with Gasteiger partial charge in [-0.2, -0.15) is 4.98 Å². The molecule has 1 aromatic carbocycles. The lowest BCUT2D eigenvalue weighted by Gasteiger charge is -2.21. The summed E-state index contributed by atoms with van der Waals surface area (Å²) in [5.74, 6) is 0.922. The molecule has 2 heterocycles. The summed E-state index contributed by atoms with van der Waals surface area (Å²) in [6, 6.07) is 7.75. The van der Waals surface area contributed by atoms with Crippen LogP contribution in [0.3, 0.4) is 0 Å². The first-order valence-electron chi connectivity index (χ1n) is 7.36. The van der Waals surface area contributed by atoms with Gasteiger partial charge >= 0.3 is 0 Å². The predicted octanol–water partition coefficient (Wildman–Crippen LogP) is 2.70. The highest BCUT2D eigenvalue weighted by Gasteiger charge is 2.20. The fraction of sp³-hybridized carbons (Fsp3) is 0.400. The van der Waals surface area contributed by atoms with E-state index in [9.17, 15) is 4.21 Å². The first-order valence-corrected chi connectivity index (χ1v) is 9.12.